The molecule has 1 aliphatic heterocycles. The van der Waals surface area contributed by atoms with Gasteiger partial charge in [-0.05, 0) is 32.9 Å². The summed E-state index contributed by atoms with van der Waals surface area (Å²) in [5, 5.41) is 14.7. The second-order valence-corrected chi connectivity index (χ2v) is 8.15. The summed E-state index contributed by atoms with van der Waals surface area (Å²) in [4.78, 5) is 12.7. The highest BCUT2D eigenvalue weighted by molar-refractivity contribution is 7.89. The predicted molar refractivity (Wildman–Crippen MR) is 94.8 cm³/mol. The van der Waals surface area contributed by atoms with Crippen molar-refractivity contribution < 1.29 is 17.9 Å². The van der Waals surface area contributed by atoms with Gasteiger partial charge in [0.2, 0.25) is 10.0 Å². The molecule has 0 amide bonds. The van der Waals surface area contributed by atoms with Crippen molar-refractivity contribution >= 4 is 21.4 Å². The van der Waals surface area contributed by atoms with Crippen LogP contribution in [0.2, 0.25) is 0 Å². The quantitative estimate of drug-likeness (QED) is 0.589. The first-order valence-corrected chi connectivity index (χ1v) is 9.59. The molecule has 1 aromatic carbocycles. The summed E-state index contributed by atoms with van der Waals surface area (Å²) < 4.78 is 32.1. The van der Waals surface area contributed by atoms with Crippen LogP contribution in [0.25, 0.3) is 0 Å². The van der Waals surface area contributed by atoms with E-state index >= 15 is 0 Å². The Labute approximate surface area is 151 Å². The van der Waals surface area contributed by atoms with Crippen molar-refractivity contribution in [2.24, 2.45) is 0 Å². The van der Waals surface area contributed by atoms with Gasteiger partial charge in [0.1, 0.15) is 10.6 Å². The molecule has 0 atom stereocenters. The maximum absolute atomic E-state index is 12.8. The molecule has 0 saturated carbocycles. The van der Waals surface area contributed by atoms with Crippen LogP contribution in [0.15, 0.2) is 27.6 Å². The summed E-state index contributed by atoms with van der Waals surface area (Å²) in [6, 6.07) is 4.94. The van der Waals surface area contributed by atoms with Gasteiger partial charge in [0.15, 0.2) is 5.76 Å². The largest absolute Gasteiger partial charge is 0.369 e. The van der Waals surface area contributed by atoms with Crippen LogP contribution in [0.5, 0.6) is 0 Å². The summed E-state index contributed by atoms with van der Waals surface area (Å²) in [6.07, 6.45) is 0. The number of nitro benzene ring substituents is 1. The zero-order valence-corrected chi connectivity index (χ0v) is 15.6. The lowest BCUT2D eigenvalue weighted by atomic mass is 10.1. The number of rotatable bonds is 4. The highest BCUT2D eigenvalue weighted by atomic mass is 32.2. The number of sulfonamides is 1. The third-order valence-electron chi connectivity index (χ3n) is 4.55. The van der Waals surface area contributed by atoms with Crippen LogP contribution in [0.3, 0.4) is 0 Å². The Kier molecular flexibility index (Phi) is 4.72. The molecule has 140 valence electrons. The Morgan fingerprint density at radius 3 is 2.31 bits per heavy atom. The molecular formula is C16H20N4O5S. The smallest absolute Gasteiger partial charge is 0.272 e. The zero-order chi connectivity index (χ0) is 19.1. The van der Waals surface area contributed by atoms with E-state index < -0.39 is 14.9 Å². The Morgan fingerprint density at radius 1 is 1.15 bits per heavy atom. The van der Waals surface area contributed by atoms with Gasteiger partial charge < -0.3 is 9.42 Å². The van der Waals surface area contributed by atoms with Crippen molar-refractivity contribution in [3.63, 3.8) is 0 Å². The molecule has 9 nitrogen and oxygen atoms in total. The molecule has 2 heterocycles. The van der Waals surface area contributed by atoms with Crippen molar-refractivity contribution in [1.82, 2.24) is 9.46 Å². The monoisotopic (exact) mass is 380 g/mol. The zero-order valence-electron chi connectivity index (χ0n) is 14.8. The van der Waals surface area contributed by atoms with Crippen molar-refractivity contribution in [3.05, 3.63) is 45.3 Å². The molecule has 2 aromatic rings. The summed E-state index contributed by atoms with van der Waals surface area (Å²) in [5.74, 6) is 0.288. The first-order chi connectivity index (χ1) is 12.2. The van der Waals surface area contributed by atoms with E-state index in [0.717, 1.165) is 5.69 Å². The first kappa shape index (κ1) is 18.3. The fourth-order valence-electron chi connectivity index (χ4n) is 3.20. The van der Waals surface area contributed by atoms with Crippen LogP contribution in [-0.4, -0.2) is 49.0 Å². The number of aryl methyl sites for hydroxylation is 3. The standard InChI is InChI=1S/C16H20N4O5S/c1-11-10-14(4-5-15(11)20(21)22)18-6-8-19(9-7-18)26(23,24)16-12(2)17-25-13(16)3/h4-5,10H,6-9H2,1-3H3. The molecule has 0 bridgehead atoms. The predicted octanol–water partition coefficient (Wildman–Crippen LogP) is 2.02. The van der Waals surface area contributed by atoms with Crippen molar-refractivity contribution in [2.45, 2.75) is 25.7 Å². The fraction of sp³-hybridized carbons (Fsp3) is 0.438. The van der Waals surface area contributed by atoms with E-state index in [4.69, 9.17) is 4.52 Å². The molecule has 0 aliphatic carbocycles. The van der Waals surface area contributed by atoms with Crippen LogP contribution in [-0.2, 0) is 10.0 Å². The van der Waals surface area contributed by atoms with E-state index in [1.54, 1.807) is 32.9 Å². The van der Waals surface area contributed by atoms with Gasteiger partial charge in [-0.15, -0.1) is 0 Å². The second-order valence-electron chi connectivity index (χ2n) is 6.27. The number of hydrogen-bond acceptors (Lipinski definition) is 7. The molecular weight excluding hydrogens is 360 g/mol. The molecule has 1 aromatic heterocycles. The number of hydrogen-bond donors (Lipinski definition) is 0. The number of anilines is 1. The topological polar surface area (TPSA) is 110 Å². The maximum Gasteiger partial charge on any atom is 0.272 e. The van der Waals surface area contributed by atoms with Crippen LogP contribution >= 0.6 is 0 Å². The molecule has 26 heavy (non-hydrogen) atoms. The van der Waals surface area contributed by atoms with Crippen LogP contribution in [0.1, 0.15) is 17.0 Å². The van der Waals surface area contributed by atoms with Crippen LogP contribution in [0, 0.1) is 30.9 Å². The van der Waals surface area contributed by atoms with E-state index in [9.17, 15) is 18.5 Å². The van der Waals surface area contributed by atoms with E-state index in [1.807, 2.05) is 4.90 Å². The third kappa shape index (κ3) is 3.17. The van der Waals surface area contributed by atoms with Gasteiger partial charge in [0, 0.05) is 43.5 Å². The molecule has 1 fully saturated rings. The molecule has 3 rings (SSSR count). The minimum atomic E-state index is -3.65. The Bertz CT molecular complexity index is 926. The Hall–Kier alpha value is -2.46. The second kappa shape index (κ2) is 6.69. The van der Waals surface area contributed by atoms with Gasteiger partial charge in [-0.2, -0.15) is 4.31 Å². The Balaban J connectivity index is 1.75. The maximum atomic E-state index is 12.8. The van der Waals surface area contributed by atoms with Crippen LogP contribution < -0.4 is 4.90 Å². The average molecular weight is 380 g/mol. The van der Waals surface area contributed by atoms with Crippen molar-refractivity contribution in [1.29, 1.82) is 0 Å². The lowest BCUT2D eigenvalue weighted by Gasteiger charge is -2.35. The Morgan fingerprint density at radius 2 is 1.81 bits per heavy atom. The average Bonchev–Trinajstić information content (AvgIpc) is 2.93. The fourth-order valence-corrected chi connectivity index (χ4v) is 4.91. The van der Waals surface area contributed by atoms with Gasteiger partial charge in [0.05, 0.1) is 4.92 Å². The molecule has 10 heteroatoms. The minimum absolute atomic E-state index is 0.0772. The highest BCUT2D eigenvalue weighted by Gasteiger charge is 2.33. The van der Waals surface area contributed by atoms with Gasteiger partial charge in [0.25, 0.3) is 5.69 Å². The summed E-state index contributed by atoms with van der Waals surface area (Å²) in [7, 11) is -3.65. The van der Waals surface area contributed by atoms with Crippen molar-refractivity contribution in [2.75, 3.05) is 31.1 Å². The summed E-state index contributed by atoms with van der Waals surface area (Å²) in [5.41, 5.74) is 1.87. The number of nitrogens with zero attached hydrogens (tertiary/aromatic N) is 4. The number of nitro groups is 1. The van der Waals surface area contributed by atoms with Gasteiger partial charge in [-0.25, -0.2) is 8.42 Å². The SMILES string of the molecule is Cc1cc(N2CCN(S(=O)(=O)c3c(C)noc3C)CC2)ccc1[N+](=O)[O-]. The molecule has 0 radical (unpaired) electrons. The first-order valence-electron chi connectivity index (χ1n) is 8.15. The summed E-state index contributed by atoms with van der Waals surface area (Å²) in [6.45, 7) is 6.53. The van der Waals surface area contributed by atoms with Gasteiger partial charge in [-0.3, -0.25) is 10.1 Å². The van der Waals surface area contributed by atoms with Crippen LogP contribution in [0.4, 0.5) is 11.4 Å². The minimum Gasteiger partial charge on any atom is -0.369 e. The molecule has 1 saturated heterocycles. The van der Waals surface area contributed by atoms with Gasteiger partial charge >= 0.3 is 0 Å². The lowest BCUT2D eigenvalue weighted by molar-refractivity contribution is -0.385. The lowest BCUT2D eigenvalue weighted by Crippen LogP contribution is -2.48. The molecule has 1 aliphatic rings. The molecule has 0 spiro atoms. The molecule has 0 N–H and O–H groups in total. The van der Waals surface area contributed by atoms with Crippen molar-refractivity contribution in [3.8, 4) is 0 Å². The van der Waals surface area contributed by atoms with E-state index in [0.29, 0.717) is 37.4 Å². The normalized spacial score (nSPS) is 16.0. The highest BCUT2D eigenvalue weighted by Crippen LogP contribution is 2.27. The van der Waals surface area contributed by atoms with E-state index in [-0.39, 0.29) is 16.3 Å². The van der Waals surface area contributed by atoms with E-state index in [1.165, 1.54) is 10.4 Å². The number of aromatic nitrogens is 1. The van der Waals surface area contributed by atoms with Gasteiger partial charge in [-0.1, -0.05) is 5.16 Å². The summed E-state index contributed by atoms with van der Waals surface area (Å²) >= 11 is 0. The number of benzene rings is 1. The number of piperazine rings is 1. The van der Waals surface area contributed by atoms with E-state index in [2.05, 4.69) is 5.16 Å². The molecule has 0 unspecified atom stereocenters. The third-order valence-corrected chi connectivity index (χ3v) is 6.69.